The number of nitrogens with two attached hydrogens (primary N) is 1. The third kappa shape index (κ3) is 4.57. The van der Waals surface area contributed by atoms with Crippen LogP contribution in [0.15, 0.2) is 24.3 Å². The second kappa shape index (κ2) is 6.40. The molecule has 0 radical (unpaired) electrons. The first-order valence-electron chi connectivity index (χ1n) is 6.01. The number of rotatable bonds is 6. The topological polar surface area (TPSA) is 48.1 Å². The summed E-state index contributed by atoms with van der Waals surface area (Å²) in [5.74, 6) is 1.04. The largest absolute Gasteiger partial charge is 0.477 e. The summed E-state index contributed by atoms with van der Waals surface area (Å²) < 4.78 is 5.62. The van der Waals surface area contributed by atoms with Gasteiger partial charge in [0.25, 0.3) is 0 Å². The van der Waals surface area contributed by atoms with E-state index in [1.165, 1.54) is 0 Å². The van der Waals surface area contributed by atoms with E-state index in [1.807, 2.05) is 19.1 Å². The van der Waals surface area contributed by atoms with Crippen LogP contribution < -0.4 is 10.5 Å². The zero-order chi connectivity index (χ0) is 12.8. The van der Waals surface area contributed by atoms with Gasteiger partial charge in [0.05, 0.1) is 6.61 Å². The van der Waals surface area contributed by atoms with Gasteiger partial charge in [-0.25, -0.2) is 4.98 Å². The average molecular weight is 234 g/mol. The number of pyridine rings is 1. The van der Waals surface area contributed by atoms with Crippen molar-refractivity contribution < 1.29 is 4.74 Å². The molecular formula is C14H22N2O. The van der Waals surface area contributed by atoms with Crippen molar-refractivity contribution in [1.82, 2.24) is 4.98 Å². The first kappa shape index (κ1) is 13.7. The van der Waals surface area contributed by atoms with Gasteiger partial charge in [0.15, 0.2) is 0 Å². The van der Waals surface area contributed by atoms with Crippen LogP contribution in [0.2, 0.25) is 0 Å². The molecule has 0 bridgehead atoms. The molecule has 3 heteroatoms. The van der Waals surface area contributed by atoms with Crippen LogP contribution >= 0.6 is 0 Å². The van der Waals surface area contributed by atoms with Crippen molar-refractivity contribution in [3.63, 3.8) is 0 Å². The minimum atomic E-state index is 0.380. The first-order valence-corrected chi connectivity index (χ1v) is 6.01. The summed E-state index contributed by atoms with van der Waals surface area (Å²) in [6.07, 6.45) is 0.853. The Morgan fingerprint density at radius 1 is 1.47 bits per heavy atom. The van der Waals surface area contributed by atoms with E-state index in [9.17, 15) is 0 Å². The van der Waals surface area contributed by atoms with E-state index >= 15 is 0 Å². The fraction of sp³-hybridized carbons (Fsp3) is 0.500. The monoisotopic (exact) mass is 234 g/mol. The molecule has 0 aliphatic rings. The molecule has 17 heavy (non-hydrogen) atoms. The SMILES string of the molecule is C=C(C)CCOc1cc(CN)cc(C(C)C)n1. The smallest absolute Gasteiger partial charge is 0.213 e. The van der Waals surface area contributed by atoms with Gasteiger partial charge in [0, 0.05) is 24.7 Å². The van der Waals surface area contributed by atoms with Crippen LogP contribution in [0, 0.1) is 0 Å². The summed E-state index contributed by atoms with van der Waals surface area (Å²) in [4.78, 5) is 4.47. The molecule has 0 aromatic carbocycles. The standard InChI is InChI=1S/C14H22N2O/c1-10(2)5-6-17-14-8-12(9-15)7-13(16-14)11(3)4/h7-8,11H,1,5-6,9,15H2,2-4H3. The molecule has 2 N–H and O–H groups in total. The number of aromatic nitrogens is 1. The van der Waals surface area contributed by atoms with Crippen LogP contribution in [0.25, 0.3) is 0 Å². The van der Waals surface area contributed by atoms with Crippen molar-refractivity contribution in [2.45, 2.75) is 39.7 Å². The minimum absolute atomic E-state index is 0.380. The van der Waals surface area contributed by atoms with Crippen LogP contribution in [0.4, 0.5) is 0 Å². The van der Waals surface area contributed by atoms with Crippen molar-refractivity contribution in [2.24, 2.45) is 5.73 Å². The molecule has 1 aromatic rings. The third-order valence-corrected chi connectivity index (χ3v) is 2.49. The molecule has 0 amide bonds. The quantitative estimate of drug-likeness (QED) is 0.770. The lowest BCUT2D eigenvalue weighted by Crippen LogP contribution is -2.05. The molecule has 1 rings (SSSR count). The second-order valence-electron chi connectivity index (χ2n) is 4.65. The molecule has 0 aliphatic heterocycles. The zero-order valence-electron chi connectivity index (χ0n) is 11.0. The van der Waals surface area contributed by atoms with E-state index in [0.717, 1.165) is 23.3 Å². The molecule has 0 atom stereocenters. The maximum Gasteiger partial charge on any atom is 0.213 e. The lowest BCUT2D eigenvalue weighted by molar-refractivity contribution is 0.307. The van der Waals surface area contributed by atoms with Gasteiger partial charge < -0.3 is 10.5 Å². The highest BCUT2D eigenvalue weighted by molar-refractivity contribution is 5.26. The van der Waals surface area contributed by atoms with E-state index < -0.39 is 0 Å². The summed E-state index contributed by atoms with van der Waals surface area (Å²) in [7, 11) is 0. The Morgan fingerprint density at radius 2 is 2.18 bits per heavy atom. The fourth-order valence-electron chi connectivity index (χ4n) is 1.40. The maximum atomic E-state index is 5.67. The molecule has 0 saturated heterocycles. The van der Waals surface area contributed by atoms with Crippen LogP contribution in [0.3, 0.4) is 0 Å². The van der Waals surface area contributed by atoms with Gasteiger partial charge in [-0.1, -0.05) is 19.4 Å². The van der Waals surface area contributed by atoms with E-state index in [0.29, 0.717) is 24.9 Å². The number of nitrogens with zero attached hydrogens (tertiary/aromatic N) is 1. The number of hydrogen-bond acceptors (Lipinski definition) is 3. The van der Waals surface area contributed by atoms with Crippen molar-refractivity contribution >= 4 is 0 Å². The summed E-state index contributed by atoms with van der Waals surface area (Å²) >= 11 is 0. The molecular weight excluding hydrogens is 212 g/mol. The molecule has 0 saturated carbocycles. The molecule has 3 nitrogen and oxygen atoms in total. The lowest BCUT2D eigenvalue weighted by Gasteiger charge is -2.11. The number of ether oxygens (including phenoxy) is 1. The van der Waals surface area contributed by atoms with Crippen molar-refractivity contribution in [3.05, 3.63) is 35.5 Å². The Labute approximate surface area is 104 Å². The van der Waals surface area contributed by atoms with E-state index in [4.69, 9.17) is 10.5 Å². The highest BCUT2D eigenvalue weighted by atomic mass is 16.5. The van der Waals surface area contributed by atoms with Crippen LogP contribution in [-0.2, 0) is 6.54 Å². The number of hydrogen-bond donors (Lipinski definition) is 1. The van der Waals surface area contributed by atoms with Crippen molar-refractivity contribution in [1.29, 1.82) is 0 Å². The molecule has 0 aliphatic carbocycles. The highest BCUT2D eigenvalue weighted by Gasteiger charge is 2.06. The van der Waals surface area contributed by atoms with E-state index in [2.05, 4.69) is 25.4 Å². The molecule has 0 unspecified atom stereocenters. The predicted molar refractivity (Wildman–Crippen MR) is 71.1 cm³/mol. The van der Waals surface area contributed by atoms with Gasteiger partial charge in [0.1, 0.15) is 0 Å². The van der Waals surface area contributed by atoms with E-state index in [1.54, 1.807) is 0 Å². The van der Waals surface area contributed by atoms with Gasteiger partial charge in [-0.15, -0.1) is 6.58 Å². The van der Waals surface area contributed by atoms with Crippen LogP contribution in [0.1, 0.15) is 44.4 Å². The molecule has 0 fully saturated rings. The molecule has 1 heterocycles. The Balaban J connectivity index is 2.76. The van der Waals surface area contributed by atoms with Crippen molar-refractivity contribution in [3.8, 4) is 5.88 Å². The van der Waals surface area contributed by atoms with Gasteiger partial charge in [-0.05, 0) is 24.5 Å². The van der Waals surface area contributed by atoms with Gasteiger partial charge in [-0.2, -0.15) is 0 Å². The van der Waals surface area contributed by atoms with Crippen LogP contribution in [0.5, 0.6) is 5.88 Å². The average Bonchev–Trinajstić information content (AvgIpc) is 2.28. The minimum Gasteiger partial charge on any atom is -0.477 e. The molecule has 0 spiro atoms. The molecule has 1 aromatic heterocycles. The molecule has 94 valence electrons. The third-order valence-electron chi connectivity index (χ3n) is 2.49. The second-order valence-corrected chi connectivity index (χ2v) is 4.65. The van der Waals surface area contributed by atoms with E-state index in [-0.39, 0.29) is 0 Å². The Bertz CT molecular complexity index is 386. The summed E-state index contributed by atoms with van der Waals surface area (Å²) in [5.41, 5.74) is 8.87. The summed E-state index contributed by atoms with van der Waals surface area (Å²) in [5, 5.41) is 0. The van der Waals surface area contributed by atoms with Gasteiger partial charge >= 0.3 is 0 Å². The highest BCUT2D eigenvalue weighted by Crippen LogP contribution is 2.19. The Morgan fingerprint density at radius 3 is 2.71 bits per heavy atom. The fourth-order valence-corrected chi connectivity index (χ4v) is 1.40. The summed E-state index contributed by atoms with van der Waals surface area (Å²) in [6, 6.07) is 3.95. The predicted octanol–water partition coefficient (Wildman–Crippen LogP) is 3.01. The normalized spacial score (nSPS) is 10.6. The first-order chi connectivity index (χ1) is 8.02. The van der Waals surface area contributed by atoms with Crippen LogP contribution in [-0.4, -0.2) is 11.6 Å². The lowest BCUT2D eigenvalue weighted by atomic mass is 10.1. The van der Waals surface area contributed by atoms with Gasteiger partial charge in [-0.3, -0.25) is 0 Å². The Hall–Kier alpha value is -1.35. The van der Waals surface area contributed by atoms with Crippen molar-refractivity contribution in [2.75, 3.05) is 6.61 Å². The zero-order valence-corrected chi connectivity index (χ0v) is 11.0. The summed E-state index contributed by atoms with van der Waals surface area (Å²) in [6.45, 7) is 11.2. The Kier molecular flexibility index (Phi) is 5.16. The maximum absolute atomic E-state index is 5.67. The van der Waals surface area contributed by atoms with Gasteiger partial charge in [0.2, 0.25) is 5.88 Å².